The molecule has 2 aliphatic rings. The molecule has 1 saturated heterocycles. The van der Waals surface area contributed by atoms with Gasteiger partial charge in [-0.2, -0.15) is 0 Å². The normalized spacial score (nSPS) is 25.9. The Morgan fingerprint density at radius 2 is 1.89 bits per heavy atom. The summed E-state index contributed by atoms with van der Waals surface area (Å²) >= 11 is 0. The summed E-state index contributed by atoms with van der Waals surface area (Å²) in [6.45, 7) is 1.63. The Bertz CT molecular complexity index is 723. The first-order valence-electron chi connectivity index (χ1n) is 9.96. The van der Waals surface area contributed by atoms with Gasteiger partial charge in [0.2, 0.25) is 5.91 Å². The molecule has 0 aromatic heterocycles. The summed E-state index contributed by atoms with van der Waals surface area (Å²) < 4.78 is 0. The Balaban J connectivity index is 1.65. The van der Waals surface area contributed by atoms with E-state index in [2.05, 4.69) is 5.32 Å². The van der Waals surface area contributed by atoms with E-state index < -0.39 is 30.1 Å². The highest BCUT2D eigenvalue weighted by Gasteiger charge is 2.49. The van der Waals surface area contributed by atoms with Crippen LogP contribution < -0.4 is 5.32 Å². The lowest BCUT2D eigenvalue weighted by atomic mass is 10.0. The number of carboxylic acid groups (broad SMARTS) is 2. The van der Waals surface area contributed by atoms with Gasteiger partial charge in [0.05, 0.1) is 6.04 Å². The van der Waals surface area contributed by atoms with Crippen LogP contribution in [0.25, 0.3) is 0 Å². The molecule has 1 aromatic carbocycles. The number of rotatable bonds is 8. The maximum Gasteiger partial charge on any atom is 0.326 e. The fourth-order valence-electron chi connectivity index (χ4n) is 4.66. The zero-order valence-electron chi connectivity index (χ0n) is 16.1. The number of carbonyl (C=O) groups is 3. The van der Waals surface area contributed by atoms with Gasteiger partial charge in [-0.1, -0.05) is 36.8 Å². The molecule has 0 spiro atoms. The number of benzene rings is 1. The summed E-state index contributed by atoms with van der Waals surface area (Å²) in [6.07, 6.45) is 4.21. The van der Waals surface area contributed by atoms with Crippen molar-refractivity contribution in [2.24, 2.45) is 5.92 Å². The molecule has 1 aromatic rings. The van der Waals surface area contributed by atoms with Crippen molar-refractivity contribution in [1.29, 1.82) is 0 Å². The average molecular weight is 388 g/mol. The van der Waals surface area contributed by atoms with E-state index in [1.165, 1.54) is 4.90 Å². The van der Waals surface area contributed by atoms with Crippen LogP contribution in [-0.4, -0.2) is 57.1 Å². The number of hydrogen-bond acceptors (Lipinski definition) is 4. The van der Waals surface area contributed by atoms with Crippen LogP contribution in [0.15, 0.2) is 30.3 Å². The van der Waals surface area contributed by atoms with Crippen molar-refractivity contribution in [1.82, 2.24) is 10.2 Å². The van der Waals surface area contributed by atoms with Crippen molar-refractivity contribution < 1.29 is 24.6 Å². The third-order valence-electron chi connectivity index (χ3n) is 6.06. The van der Waals surface area contributed by atoms with Crippen molar-refractivity contribution in [3.8, 4) is 0 Å². The minimum Gasteiger partial charge on any atom is -0.480 e. The molecule has 3 N–H and O–H groups in total. The molecule has 7 nitrogen and oxygen atoms in total. The number of likely N-dealkylation sites (tertiary alicyclic amines) is 1. The van der Waals surface area contributed by atoms with E-state index in [0.29, 0.717) is 19.3 Å². The van der Waals surface area contributed by atoms with E-state index >= 15 is 0 Å². The van der Waals surface area contributed by atoms with E-state index in [0.717, 1.165) is 24.8 Å². The zero-order valence-corrected chi connectivity index (χ0v) is 16.1. The monoisotopic (exact) mass is 388 g/mol. The van der Waals surface area contributed by atoms with Crippen LogP contribution in [0.5, 0.6) is 0 Å². The molecule has 1 saturated carbocycles. The van der Waals surface area contributed by atoms with Crippen LogP contribution in [0.4, 0.5) is 0 Å². The van der Waals surface area contributed by atoms with Crippen molar-refractivity contribution in [3.63, 3.8) is 0 Å². The lowest BCUT2D eigenvalue weighted by Gasteiger charge is -2.31. The Hall–Kier alpha value is -2.41. The largest absolute Gasteiger partial charge is 0.480 e. The van der Waals surface area contributed by atoms with Gasteiger partial charge in [-0.15, -0.1) is 0 Å². The summed E-state index contributed by atoms with van der Waals surface area (Å²) in [5, 5.41) is 22.0. The lowest BCUT2D eigenvalue weighted by molar-refractivity contribution is -0.151. The molecule has 1 aliphatic carbocycles. The van der Waals surface area contributed by atoms with Crippen LogP contribution in [0.2, 0.25) is 0 Å². The topological polar surface area (TPSA) is 107 Å². The number of carbonyl (C=O) groups excluding carboxylic acids is 1. The number of amides is 1. The Morgan fingerprint density at radius 1 is 1.18 bits per heavy atom. The number of aryl methyl sites for hydroxylation is 1. The number of aliphatic carboxylic acids is 2. The molecule has 2 fully saturated rings. The molecule has 1 heterocycles. The molecule has 0 radical (unpaired) electrons. The molecule has 1 amide bonds. The third kappa shape index (κ3) is 4.35. The molecule has 28 heavy (non-hydrogen) atoms. The molecule has 5 atom stereocenters. The molecular weight excluding hydrogens is 360 g/mol. The quantitative estimate of drug-likeness (QED) is 0.628. The summed E-state index contributed by atoms with van der Waals surface area (Å²) in [5.74, 6) is -2.06. The summed E-state index contributed by atoms with van der Waals surface area (Å²) in [7, 11) is 0. The summed E-state index contributed by atoms with van der Waals surface area (Å²) in [6, 6.07) is 7.13. The molecule has 152 valence electrons. The van der Waals surface area contributed by atoms with Gasteiger partial charge in [-0.3, -0.25) is 14.9 Å². The number of fused-ring (bicyclic) bond motifs is 1. The van der Waals surface area contributed by atoms with Gasteiger partial charge in [-0.25, -0.2) is 4.79 Å². The predicted molar refractivity (Wildman–Crippen MR) is 103 cm³/mol. The molecule has 7 heteroatoms. The lowest BCUT2D eigenvalue weighted by Crippen LogP contribution is -2.55. The van der Waals surface area contributed by atoms with E-state index in [-0.39, 0.29) is 17.9 Å². The van der Waals surface area contributed by atoms with Gasteiger partial charge in [-0.05, 0) is 50.5 Å². The maximum absolute atomic E-state index is 13.0. The summed E-state index contributed by atoms with van der Waals surface area (Å²) in [4.78, 5) is 37.9. The zero-order chi connectivity index (χ0) is 20.3. The first-order chi connectivity index (χ1) is 13.4. The minimum absolute atomic E-state index is 0.0366. The Morgan fingerprint density at radius 3 is 2.54 bits per heavy atom. The van der Waals surface area contributed by atoms with Crippen molar-refractivity contribution in [2.75, 3.05) is 0 Å². The van der Waals surface area contributed by atoms with Gasteiger partial charge in [0.25, 0.3) is 0 Å². The highest BCUT2D eigenvalue weighted by atomic mass is 16.4. The Kier molecular flexibility index (Phi) is 6.34. The minimum atomic E-state index is -1.01. The molecular formula is C21H28N2O5. The second-order valence-corrected chi connectivity index (χ2v) is 7.90. The summed E-state index contributed by atoms with van der Waals surface area (Å²) in [5.41, 5.74) is 1.04. The fourth-order valence-corrected chi connectivity index (χ4v) is 4.66. The fraction of sp³-hybridized carbons (Fsp3) is 0.571. The van der Waals surface area contributed by atoms with Crippen molar-refractivity contribution in [2.45, 2.75) is 69.6 Å². The molecule has 1 aliphatic heterocycles. The van der Waals surface area contributed by atoms with Crippen LogP contribution in [0.1, 0.15) is 44.6 Å². The number of carboxylic acids is 2. The van der Waals surface area contributed by atoms with Crippen LogP contribution in [0.3, 0.4) is 0 Å². The molecule has 1 unspecified atom stereocenters. The van der Waals surface area contributed by atoms with Gasteiger partial charge in [0, 0.05) is 6.04 Å². The van der Waals surface area contributed by atoms with E-state index in [1.807, 2.05) is 30.3 Å². The second kappa shape index (κ2) is 8.73. The Labute approximate surface area is 164 Å². The van der Waals surface area contributed by atoms with Crippen LogP contribution in [0, 0.1) is 5.92 Å². The second-order valence-electron chi connectivity index (χ2n) is 7.90. The maximum atomic E-state index is 13.0. The van der Waals surface area contributed by atoms with Crippen LogP contribution in [-0.2, 0) is 20.8 Å². The van der Waals surface area contributed by atoms with Gasteiger partial charge >= 0.3 is 11.9 Å². The van der Waals surface area contributed by atoms with Crippen molar-refractivity contribution >= 4 is 17.8 Å². The van der Waals surface area contributed by atoms with Gasteiger partial charge in [0.15, 0.2) is 0 Å². The number of nitrogens with zero attached hydrogens (tertiary/aromatic N) is 1. The van der Waals surface area contributed by atoms with Gasteiger partial charge in [0.1, 0.15) is 12.1 Å². The molecule has 3 rings (SSSR count). The standard InChI is InChI=1S/C21H28N2O5/c1-13(22-16(20(25)26)11-10-14-6-3-2-4-7-14)19(24)23-17-9-5-8-15(17)12-18(23)21(27)28/h2-4,6-7,13,15-18,22H,5,8-12H2,1H3,(H,25,26)(H,27,28)/t13-,15-,16-,17-,18?/m0/s1. The van der Waals surface area contributed by atoms with E-state index in [4.69, 9.17) is 0 Å². The number of nitrogens with one attached hydrogen (secondary N) is 1. The van der Waals surface area contributed by atoms with E-state index in [1.54, 1.807) is 6.92 Å². The first kappa shape index (κ1) is 20.3. The predicted octanol–water partition coefficient (Wildman–Crippen LogP) is 1.90. The SMILES string of the molecule is C[C@H](N[C@@H](CCc1ccccc1)C(=O)O)C(=O)N1C(C(=O)O)C[C@@H]2CCC[C@@H]21. The highest BCUT2D eigenvalue weighted by molar-refractivity contribution is 5.88. The van der Waals surface area contributed by atoms with Gasteiger partial charge < -0.3 is 15.1 Å². The molecule has 0 bridgehead atoms. The third-order valence-corrected chi connectivity index (χ3v) is 6.06. The smallest absolute Gasteiger partial charge is 0.326 e. The van der Waals surface area contributed by atoms with Crippen molar-refractivity contribution in [3.05, 3.63) is 35.9 Å². The average Bonchev–Trinajstić information content (AvgIpc) is 3.26. The number of hydrogen-bond donors (Lipinski definition) is 3. The van der Waals surface area contributed by atoms with Crippen LogP contribution >= 0.6 is 0 Å². The first-order valence-corrected chi connectivity index (χ1v) is 9.96. The van der Waals surface area contributed by atoms with E-state index in [9.17, 15) is 24.6 Å². The highest BCUT2D eigenvalue weighted by Crippen LogP contribution is 2.41.